The van der Waals surface area contributed by atoms with E-state index >= 15 is 0 Å². The lowest BCUT2D eigenvalue weighted by atomic mass is 10.1. The molecule has 0 aliphatic carbocycles. The predicted octanol–water partition coefficient (Wildman–Crippen LogP) is 5.28. The molecule has 158 valence electrons. The second kappa shape index (κ2) is 8.92. The molecule has 0 fully saturated rings. The summed E-state index contributed by atoms with van der Waals surface area (Å²) in [5, 5.41) is 7.19. The predicted molar refractivity (Wildman–Crippen MR) is 119 cm³/mol. The van der Waals surface area contributed by atoms with Gasteiger partial charge in [0.25, 0.3) is 5.91 Å². The van der Waals surface area contributed by atoms with E-state index in [0.29, 0.717) is 18.1 Å². The van der Waals surface area contributed by atoms with Crippen LogP contribution in [0, 0.1) is 20.8 Å². The average molecular weight is 415 g/mol. The van der Waals surface area contributed by atoms with Gasteiger partial charge in [0, 0.05) is 12.3 Å². The number of nitrogens with zero attached hydrogens (tertiary/aromatic N) is 2. The molecule has 2 aromatic carbocycles. The smallest absolute Gasteiger partial charge is 0.292 e. The van der Waals surface area contributed by atoms with Gasteiger partial charge in [0.15, 0.2) is 11.6 Å². The highest BCUT2D eigenvalue weighted by molar-refractivity contribution is 6.01. The van der Waals surface area contributed by atoms with Gasteiger partial charge in [-0.25, -0.2) is 0 Å². The third kappa shape index (κ3) is 5.42. The second-order valence-corrected chi connectivity index (χ2v) is 7.72. The Bertz CT molecular complexity index is 1190. The van der Waals surface area contributed by atoms with Crippen LogP contribution < -0.4 is 10.1 Å². The first-order chi connectivity index (χ1) is 14.9. The minimum absolute atomic E-state index is 0.215. The van der Waals surface area contributed by atoms with Crippen molar-refractivity contribution >= 4 is 11.7 Å². The van der Waals surface area contributed by atoms with Crippen LogP contribution in [0.25, 0.3) is 0 Å². The quantitative estimate of drug-likeness (QED) is 0.446. The van der Waals surface area contributed by atoms with Crippen molar-refractivity contribution < 1.29 is 13.9 Å². The minimum Gasteiger partial charge on any atom is -0.486 e. The van der Waals surface area contributed by atoms with Crippen LogP contribution in [0.2, 0.25) is 0 Å². The number of anilines is 1. The largest absolute Gasteiger partial charge is 0.486 e. The van der Waals surface area contributed by atoms with E-state index in [1.54, 1.807) is 22.9 Å². The first kappa shape index (κ1) is 20.5. The van der Waals surface area contributed by atoms with Crippen LogP contribution in [0.1, 0.15) is 38.6 Å². The van der Waals surface area contributed by atoms with E-state index in [2.05, 4.69) is 41.6 Å². The lowest BCUT2D eigenvalue weighted by molar-refractivity contribution is 0.0992. The molecule has 0 aliphatic heterocycles. The molecule has 0 spiro atoms. The number of carbonyl (C=O) groups excluding carboxylic acids is 1. The van der Waals surface area contributed by atoms with Crippen molar-refractivity contribution in [3.8, 4) is 5.75 Å². The molecule has 0 atom stereocenters. The summed E-state index contributed by atoms with van der Waals surface area (Å²) >= 11 is 0. The van der Waals surface area contributed by atoms with Crippen molar-refractivity contribution in [2.45, 2.75) is 33.9 Å². The van der Waals surface area contributed by atoms with Gasteiger partial charge in [0.05, 0.1) is 6.54 Å². The zero-order valence-corrected chi connectivity index (χ0v) is 17.9. The van der Waals surface area contributed by atoms with Gasteiger partial charge in [-0.15, -0.1) is 0 Å². The fourth-order valence-electron chi connectivity index (χ4n) is 3.44. The fourth-order valence-corrected chi connectivity index (χ4v) is 3.44. The van der Waals surface area contributed by atoms with Crippen LogP contribution in [-0.2, 0) is 13.2 Å². The number of nitrogens with one attached hydrogen (secondary N) is 1. The van der Waals surface area contributed by atoms with Crippen molar-refractivity contribution in [1.29, 1.82) is 0 Å². The number of aryl methyl sites for hydroxylation is 3. The normalized spacial score (nSPS) is 10.8. The molecule has 0 bridgehead atoms. The third-order valence-electron chi connectivity index (χ3n) is 4.77. The van der Waals surface area contributed by atoms with E-state index in [1.165, 1.54) is 5.56 Å². The van der Waals surface area contributed by atoms with E-state index in [-0.39, 0.29) is 18.3 Å². The van der Waals surface area contributed by atoms with Crippen LogP contribution in [0.3, 0.4) is 0 Å². The Morgan fingerprint density at radius 3 is 2.58 bits per heavy atom. The highest BCUT2D eigenvalue weighted by Crippen LogP contribution is 2.19. The van der Waals surface area contributed by atoms with Gasteiger partial charge >= 0.3 is 0 Å². The van der Waals surface area contributed by atoms with Crippen LogP contribution in [0.4, 0.5) is 5.82 Å². The van der Waals surface area contributed by atoms with Crippen LogP contribution in [0.5, 0.6) is 5.75 Å². The molecule has 0 aliphatic rings. The maximum absolute atomic E-state index is 12.5. The molecule has 4 rings (SSSR count). The number of ether oxygens (including phenoxy) is 1. The van der Waals surface area contributed by atoms with Gasteiger partial charge in [-0.2, -0.15) is 5.10 Å². The van der Waals surface area contributed by atoms with Crippen molar-refractivity contribution in [3.63, 3.8) is 0 Å². The number of amides is 1. The van der Waals surface area contributed by atoms with Crippen molar-refractivity contribution in [3.05, 3.63) is 101 Å². The van der Waals surface area contributed by atoms with Crippen LogP contribution in [-0.4, -0.2) is 15.7 Å². The topological polar surface area (TPSA) is 69.3 Å². The molecule has 0 saturated carbocycles. The highest BCUT2D eigenvalue weighted by Gasteiger charge is 2.13. The molecule has 31 heavy (non-hydrogen) atoms. The Labute approximate surface area is 181 Å². The molecule has 1 amide bonds. The van der Waals surface area contributed by atoms with Gasteiger partial charge in [-0.1, -0.05) is 35.9 Å². The Balaban J connectivity index is 1.34. The number of rotatable bonds is 7. The summed E-state index contributed by atoms with van der Waals surface area (Å²) < 4.78 is 13.2. The van der Waals surface area contributed by atoms with E-state index < -0.39 is 0 Å². The minimum atomic E-state index is -0.349. The number of hydrogen-bond donors (Lipinski definition) is 1. The number of hydrogen-bond acceptors (Lipinski definition) is 4. The summed E-state index contributed by atoms with van der Waals surface area (Å²) in [6.07, 6.45) is 1.84. The highest BCUT2D eigenvalue weighted by atomic mass is 16.5. The maximum Gasteiger partial charge on any atom is 0.292 e. The molecule has 2 heterocycles. The summed E-state index contributed by atoms with van der Waals surface area (Å²) in [7, 11) is 0. The summed E-state index contributed by atoms with van der Waals surface area (Å²) in [6.45, 7) is 7.00. The maximum atomic E-state index is 12.5. The summed E-state index contributed by atoms with van der Waals surface area (Å²) in [5.74, 6) is 1.70. The van der Waals surface area contributed by atoms with E-state index in [0.717, 1.165) is 22.4 Å². The zero-order valence-electron chi connectivity index (χ0n) is 17.9. The Morgan fingerprint density at radius 2 is 1.81 bits per heavy atom. The fraction of sp³-hybridized carbons (Fsp3) is 0.200. The number of benzene rings is 2. The van der Waals surface area contributed by atoms with Crippen molar-refractivity contribution in [1.82, 2.24) is 9.78 Å². The van der Waals surface area contributed by atoms with E-state index in [4.69, 9.17) is 9.15 Å². The van der Waals surface area contributed by atoms with Crippen LogP contribution in [0.15, 0.2) is 71.3 Å². The second-order valence-electron chi connectivity index (χ2n) is 7.72. The lowest BCUT2D eigenvalue weighted by Gasteiger charge is -2.06. The first-order valence-electron chi connectivity index (χ1n) is 10.1. The Hall–Kier alpha value is -3.80. The lowest BCUT2D eigenvalue weighted by Crippen LogP contribution is -2.12. The number of aromatic nitrogens is 2. The zero-order chi connectivity index (χ0) is 21.8. The number of carbonyl (C=O) groups is 1. The molecule has 2 aromatic heterocycles. The summed E-state index contributed by atoms with van der Waals surface area (Å²) in [6, 6.07) is 19.4. The molecule has 0 unspecified atom stereocenters. The van der Waals surface area contributed by atoms with Crippen molar-refractivity contribution in [2.75, 3.05) is 5.32 Å². The molecule has 4 aromatic rings. The molecular weight excluding hydrogens is 390 g/mol. The number of furan rings is 1. The average Bonchev–Trinajstić information content (AvgIpc) is 3.35. The SMILES string of the molecule is Cc1cccc(Cn2ccc(NC(=O)c3ccc(COc4cc(C)cc(C)c4)o3)n2)c1. The Morgan fingerprint density at radius 1 is 1.00 bits per heavy atom. The monoisotopic (exact) mass is 415 g/mol. The Kier molecular flexibility index (Phi) is 5.89. The van der Waals surface area contributed by atoms with Gasteiger partial charge < -0.3 is 14.5 Å². The van der Waals surface area contributed by atoms with Gasteiger partial charge in [0.1, 0.15) is 18.1 Å². The standard InChI is InChI=1S/C25H25N3O3/c1-17-5-4-6-20(12-17)15-28-10-9-24(27-28)26-25(29)23-8-7-21(31-23)16-30-22-13-18(2)11-19(3)14-22/h4-14H,15-16H2,1-3H3,(H,26,27,29). The molecular formula is C25H25N3O3. The van der Waals surface area contributed by atoms with Gasteiger partial charge in [0.2, 0.25) is 0 Å². The molecule has 0 radical (unpaired) electrons. The van der Waals surface area contributed by atoms with Gasteiger partial charge in [-0.3, -0.25) is 9.48 Å². The summed E-state index contributed by atoms with van der Waals surface area (Å²) in [5.41, 5.74) is 4.63. The third-order valence-corrected chi connectivity index (χ3v) is 4.77. The molecule has 1 N–H and O–H groups in total. The first-order valence-corrected chi connectivity index (χ1v) is 10.1. The van der Waals surface area contributed by atoms with E-state index in [1.807, 2.05) is 38.2 Å². The molecule has 0 saturated heterocycles. The molecule has 6 nitrogen and oxygen atoms in total. The van der Waals surface area contributed by atoms with Crippen LogP contribution >= 0.6 is 0 Å². The van der Waals surface area contributed by atoms with Crippen molar-refractivity contribution in [2.24, 2.45) is 0 Å². The summed E-state index contributed by atoms with van der Waals surface area (Å²) in [4.78, 5) is 12.5. The molecule has 6 heteroatoms. The van der Waals surface area contributed by atoms with E-state index in [9.17, 15) is 4.79 Å². The van der Waals surface area contributed by atoms with Gasteiger partial charge in [-0.05, 0) is 61.7 Å².